The van der Waals surface area contributed by atoms with Crippen LogP contribution in [0.15, 0.2) is 83.8 Å². The van der Waals surface area contributed by atoms with E-state index < -0.39 is 32.1 Å². The van der Waals surface area contributed by atoms with Crippen molar-refractivity contribution in [1.29, 1.82) is 0 Å². The molecule has 0 radical (unpaired) electrons. The van der Waals surface area contributed by atoms with Crippen molar-refractivity contribution in [2.24, 2.45) is 0 Å². The van der Waals surface area contributed by atoms with Crippen molar-refractivity contribution in [3.63, 3.8) is 0 Å². The molecule has 0 bridgehead atoms. The third kappa shape index (κ3) is 5.35. The van der Waals surface area contributed by atoms with E-state index in [1.54, 1.807) is 42.5 Å². The first kappa shape index (κ1) is 22.6. The Morgan fingerprint density at radius 2 is 1.55 bits per heavy atom. The van der Waals surface area contributed by atoms with Crippen molar-refractivity contribution in [3.8, 4) is 0 Å². The molecule has 9 heteroatoms. The number of nitro groups is 1. The molecule has 0 unspecified atom stereocenters. The molecular formula is C22H19ClN2O5S. The predicted molar refractivity (Wildman–Crippen MR) is 118 cm³/mol. The number of sulfonamides is 1. The molecule has 3 rings (SSSR count). The smallest absolute Gasteiger partial charge is 0.269 e. The van der Waals surface area contributed by atoms with Crippen LogP contribution in [0.25, 0.3) is 0 Å². The van der Waals surface area contributed by atoms with Gasteiger partial charge in [-0.3, -0.25) is 14.9 Å². The lowest BCUT2D eigenvalue weighted by molar-refractivity contribution is -0.384. The summed E-state index contributed by atoms with van der Waals surface area (Å²) in [5.74, 6) is -0.519. The van der Waals surface area contributed by atoms with E-state index in [9.17, 15) is 23.3 Å². The Hall–Kier alpha value is -3.07. The largest absolute Gasteiger partial charge is 0.292 e. The second-order valence-electron chi connectivity index (χ2n) is 6.89. The van der Waals surface area contributed by atoms with Crippen LogP contribution in [0.5, 0.6) is 0 Å². The van der Waals surface area contributed by atoms with Gasteiger partial charge in [0, 0.05) is 17.7 Å². The molecule has 0 saturated heterocycles. The number of alkyl halides is 1. The summed E-state index contributed by atoms with van der Waals surface area (Å²) >= 11 is 6.55. The molecule has 160 valence electrons. The van der Waals surface area contributed by atoms with Gasteiger partial charge in [0.1, 0.15) is 6.04 Å². The average molecular weight is 459 g/mol. The number of carbonyl (C=O) groups is 1. The molecule has 7 nitrogen and oxygen atoms in total. The van der Waals surface area contributed by atoms with Crippen molar-refractivity contribution in [1.82, 2.24) is 4.72 Å². The summed E-state index contributed by atoms with van der Waals surface area (Å²) < 4.78 is 28.3. The highest BCUT2D eigenvalue weighted by Crippen LogP contribution is 2.29. The first-order valence-electron chi connectivity index (χ1n) is 9.26. The van der Waals surface area contributed by atoms with E-state index in [0.29, 0.717) is 5.56 Å². The molecule has 0 heterocycles. The van der Waals surface area contributed by atoms with E-state index >= 15 is 0 Å². The topological polar surface area (TPSA) is 106 Å². The fourth-order valence-electron chi connectivity index (χ4n) is 2.95. The first-order valence-corrected chi connectivity index (χ1v) is 11.2. The molecule has 0 aliphatic carbocycles. The Morgan fingerprint density at radius 3 is 2.10 bits per heavy atom. The number of hydrogen-bond acceptors (Lipinski definition) is 5. The van der Waals surface area contributed by atoms with Gasteiger partial charge in [-0.25, -0.2) is 8.42 Å². The van der Waals surface area contributed by atoms with Crippen molar-refractivity contribution >= 4 is 33.1 Å². The van der Waals surface area contributed by atoms with E-state index in [1.165, 1.54) is 36.4 Å². The van der Waals surface area contributed by atoms with Crippen molar-refractivity contribution < 1.29 is 18.1 Å². The van der Waals surface area contributed by atoms with Gasteiger partial charge in [0.05, 0.1) is 15.2 Å². The number of hydrogen-bond donors (Lipinski definition) is 1. The second kappa shape index (κ2) is 9.38. The van der Waals surface area contributed by atoms with Crippen LogP contribution >= 0.6 is 11.6 Å². The number of nitrogens with one attached hydrogen (secondary N) is 1. The number of non-ortho nitro benzene ring substituents is 1. The summed E-state index contributed by atoms with van der Waals surface area (Å²) in [6, 6.07) is 18.3. The van der Waals surface area contributed by atoms with Gasteiger partial charge in [-0.05, 0) is 24.6 Å². The second-order valence-corrected chi connectivity index (χ2v) is 9.08. The highest BCUT2D eigenvalue weighted by atomic mass is 35.5. The minimum Gasteiger partial charge on any atom is -0.292 e. The molecule has 0 saturated carbocycles. The Balaban J connectivity index is 1.99. The fraction of sp³-hybridized carbons (Fsp3) is 0.136. The number of halogens is 1. The van der Waals surface area contributed by atoms with E-state index in [0.717, 1.165) is 5.56 Å². The first-order chi connectivity index (χ1) is 14.7. The summed E-state index contributed by atoms with van der Waals surface area (Å²) in [5.41, 5.74) is 1.40. The number of nitro benzene ring substituents is 1. The molecule has 3 aromatic carbocycles. The van der Waals surface area contributed by atoms with E-state index in [4.69, 9.17) is 11.6 Å². The Morgan fingerprint density at radius 1 is 0.968 bits per heavy atom. The number of aryl methyl sites for hydroxylation is 1. The van der Waals surface area contributed by atoms with Gasteiger partial charge >= 0.3 is 0 Å². The minimum atomic E-state index is -4.07. The lowest BCUT2D eigenvalue weighted by atomic mass is 9.98. The predicted octanol–water partition coefficient (Wildman–Crippen LogP) is 4.41. The molecule has 31 heavy (non-hydrogen) atoms. The van der Waals surface area contributed by atoms with Gasteiger partial charge in [0.15, 0.2) is 5.78 Å². The number of carbonyl (C=O) groups excluding carboxylic acids is 1. The lowest BCUT2D eigenvalue weighted by Gasteiger charge is -2.23. The van der Waals surface area contributed by atoms with E-state index in [-0.39, 0.29) is 16.1 Å². The summed E-state index contributed by atoms with van der Waals surface area (Å²) in [6.45, 7) is 1.83. The molecule has 2 atom stereocenters. The number of benzene rings is 3. The quantitative estimate of drug-likeness (QED) is 0.233. The number of ketones is 1. The van der Waals surface area contributed by atoms with Gasteiger partial charge in [-0.2, -0.15) is 4.72 Å². The molecule has 1 N–H and O–H groups in total. The van der Waals surface area contributed by atoms with Crippen LogP contribution in [0.4, 0.5) is 5.69 Å². The maximum atomic E-state index is 13.2. The fourth-order valence-corrected chi connectivity index (χ4v) is 4.56. The van der Waals surface area contributed by atoms with Gasteiger partial charge in [0.2, 0.25) is 10.0 Å². The van der Waals surface area contributed by atoms with Gasteiger partial charge < -0.3 is 0 Å². The van der Waals surface area contributed by atoms with Crippen LogP contribution in [-0.4, -0.2) is 25.2 Å². The van der Waals surface area contributed by atoms with Gasteiger partial charge in [-0.15, -0.1) is 11.6 Å². The van der Waals surface area contributed by atoms with E-state index in [1.807, 2.05) is 6.92 Å². The van der Waals surface area contributed by atoms with Crippen LogP contribution in [-0.2, 0) is 10.0 Å². The molecule has 3 aromatic rings. The van der Waals surface area contributed by atoms with Crippen LogP contribution in [0.2, 0.25) is 0 Å². The van der Waals surface area contributed by atoms with Gasteiger partial charge in [-0.1, -0.05) is 60.2 Å². The normalized spacial score (nSPS) is 13.4. The number of Topliss-reactive ketones (excluding diaryl/α,β-unsaturated/α-hetero) is 1. The zero-order chi connectivity index (χ0) is 22.6. The highest BCUT2D eigenvalue weighted by Gasteiger charge is 2.33. The summed E-state index contributed by atoms with van der Waals surface area (Å²) in [4.78, 5) is 23.5. The number of nitrogens with zero attached hydrogens (tertiary/aromatic N) is 1. The average Bonchev–Trinajstić information content (AvgIpc) is 2.77. The van der Waals surface area contributed by atoms with Crippen LogP contribution < -0.4 is 4.72 Å². The molecule has 0 aliphatic heterocycles. The Labute approximate surface area is 184 Å². The van der Waals surface area contributed by atoms with Crippen molar-refractivity contribution in [2.45, 2.75) is 23.2 Å². The molecule has 0 aromatic heterocycles. The SMILES string of the molecule is Cc1ccc(S(=O)(=O)N[C@H](C(=O)c2ccccc2)[C@@H](Cl)c2ccc([N+](=O)[O-])cc2)cc1. The molecule has 0 amide bonds. The third-order valence-corrected chi connectivity index (χ3v) is 6.63. The van der Waals surface area contributed by atoms with Crippen LogP contribution in [0.1, 0.15) is 26.9 Å². The van der Waals surface area contributed by atoms with Crippen LogP contribution in [0.3, 0.4) is 0 Å². The van der Waals surface area contributed by atoms with Crippen molar-refractivity contribution in [3.05, 3.63) is 106 Å². The summed E-state index contributed by atoms with van der Waals surface area (Å²) in [5, 5.41) is 9.80. The van der Waals surface area contributed by atoms with E-state index in [2.05, 4.69) is 4.72 Å². The van der Waals surface area contributed by atoms with Crippen LogP contribution in [0, 0.1) is 17.0 Å². The summed E-state index contributed by atoms with van der Waals surface area (Å²) in [6.07, 6.45) is 0. The number of rotatable bonds is 8. The maximum Gasteiger partial charge on any atom is 0.269 e. The molecule has 0 fully saturated rings. The molecular weight excluding hydrogens is 440 g/mol. The molecule has 0 aliphatic rings. The standard InChI is InChI=1S/C22H19ClN2O5S/c1-15-7-13-19(14-8-15)31(29,30)24-21(22(26)17-5-3-2-4-6-17)20(23)16-9-11-18(12-10-16)25(27)28/h2-14,20-21,24H,1H3/t20-,21-/m0/s1. The lowest BCUT2D eigenvalue weighted by Crippen LogP contribution is -2.43. The highest BCUT2D eigenvalue weighted by molar-refractivity contribution is 7.89. The zero-order valence-corrected chi connectivity index (χ0v) is 18.0. The summed E-state index contributed by atoms with van der Waals surface area (Å²) in [7, 11) is -4.07. The van der Waals surface area contributed by atoms with Crippen molar-refractivity contribution in [2.75, 3.05) is 0 Å². The zero-order valence-electron chi connectivity index (χ0n) is 16.4. The Bertz CT molecular complexity index is 1180. The molecule has 0 spiro atoms. The Kier molecular flexibility index (Phi) is 6.84. The maximum absolute atomic E-state index is 13.2. The minimum absolute atomic E-state index is 0.00321. The third-order valence-electron chi connectivity index (χ3n) is 4.67. The van der Waals surface area contributed by atoms with Gasteiger partial charge in [0.25, 0.3) is 5.69 Å². The monoisotopic (exact) mass is 458 g/mol.